The van der Waals surface area contributed by atoms with E-state index in [2.05, 4.69) is 0 Å². The van der Waals surface area contributed by atoms with Crippen LogP contribution >= 0.6 is 0 Å². The molecule has 0 aliphatic carbocycles. The molecule has 0 bridgehead atoms. The number of carbonyl (C=O) groups excluding carboxylic acids is 1. The van der Waals surface area contributed by atoms with E-state index in [0.29, 0.717) is 19.5 Å². The molecule has 2 N–H and O–H groups in total. The van der Waals surface area contributed by atoms with Crippen molar-refractivity contribution >= 4 is 5.91 Å². The van der Waals surface area contributed by atoms with Crippen LogP contribution in [0.1, 0.15) is 43.2 Å². The molecule has 0 radical (unpaired) electrons. The second-order valence-electron chi connectivity index (χ2n) is 5.73. The minimum atomic E-state index is -4.30. The van der Waals surface area contributed by atoms with Crippen molar-refractivity contribution < 1.29 is 18.0 Å². The number of piperidine rings is 1. The van der Waals surface area contributed by atoms with Crippen LogP contribution in [-0.4, -0.2) is 29.9 Å². The summed E-state index contributed by atoms with van der Waals surface area (Å²) < 4.78 is 37.7. The van der Waals surface area contributed by atoms with Gasteiger partial charge >= 0.3 is 6.18 Å². The fourth-order valence-corrected chi connectivity index (χ4v) is 2.79. The van der Waals surface area contributed by atoms with E-state index in [4.69, 9.17) is 5.73 Å². The molecule has 1 aromatic rings. The fourth-order valence-electron chi connectivity index (χ4n) is 2.79. The number of rotatable bonds is 3. The van der Waals surface area contributed by atoms with E-state index in [9.17, 15) is 18.0 Å². The highest BCUT2D eigenvalue weighted by Gasteiger charge is 2.31. The number of amides is 1. The van der Waals surface area contributed by atoms with E-state index in [0.717, 1.165) is 30.5 Å². The number of nitrogens with zero attached hydrogens (tertiary/aromatic N) is 1. The Morgan fingerprint density at radius 3 is 2.27 bits per heavy atom. The molecule has 122 valence electrons. The Balaban J connectivity index is 1.96. The molecule has 0 unspecified atom stereocenters. The number of likely N-dealkylation sites (tertiary alicyclic amines) is 1. The third-order valence-electron chi connectivity index (χ3n) is 4.27. The van der Waals surface area contributed by atoms with Crippen molar-refractivity contribution in [3.8, 4) is 0 Å². The molecule has 3 nitrogen and oxygen atoms in total. The summed E-state index contributed by atoms with van der Waals surface area (Å²) in [5.74, 6) is 0.164. The van der Waals surface area contributed by atoms with Crippen LogP contribution in [0.2, 0.25) is 0 Å². The molecule has 1 amide bonds. The number of hydrogen-bond acceptors (Lipinski definition) is 2. The molecule has 6 heteroatoms. The molecule has 1 saturated heterocycles. The van der Waals surface area contributed by atoms with Crippen LogP contribution in [-0.2, 0) is 11.0 Å². The maximum Gasteiger partial charge on any atom is 0.416 e. The molecule has 1 aliphatic heterocycles. The molecule has 0 spiro atoms. The van der Waals surface area contributed by atoms with Crippen molar-refractivity contribution in [2.45, 2.75) is 44.3 Å². The highest BCUT2D eigenvalue weighted by Crippen LogP contribution is 2.32. The van der Waals surface area contributed by atoms with Crippen LogP contribution in [0.15, 0.2) is 24.3 Å². The predicted molar refractivity (Wildman–Crippen MR) is 78.3 cm³/mol. The van der Waals surface area contributed by atoms with Crippen molar-refractivity contribution in [1.29, 1.82) is 0 Å². The third-order valence-corrected chi connectivity index (χ3v) is 4.27. The van der Waals surface area contributed by atoms with Gasteiger partial charge < -0.3 is 10.6 Å². The van der Waals surface area contributed by atoms with Crippen LogP contribution in [0.3, 0.4) is 0 Å². The van der Waals surface area contributed by atoms with Gasteiger partial charge in [0.05, 0.1) is 11.6 Å². The average Bonchev–Trinajstić information content (AvgIpc) is 2.53. The Morgan fingerprint density at radius 1 is 1.27 bits per heavy atom. The lowest BCUT2D eigenvalue weighted by atomic mass is 9.88. The Hall–Kier alpha value is -1.56. The van der Waals surface area contributed by atoms with Gasteiger partial charge in [-0.3, -0.25) is 4.79 Å². The monoisotopic (exact) mass is 314 g/mol. The minimum Gasteiger partial charge on any atom is -0.341 e. The summed E-state index contributed by atoms with van der Waals surface area (Å²) >= 11 is 0. The van der Waals surface area contributed by atoms with E-state index >= 15 is 0 Å². The van der Waals surface area contributed by atoms with Gasteiger partial charge in [0.2, 0.25) is 5.91 Å². The maximum absolute atomic E-state index is 12.6. The van der Waals surface area contributed by atoms with E-state index < -0.39 is 17.8 Å². The van der Waals surface area contributed by atoms with Crippen molar-refractivity contribution in [3.05, 3.63) is 35.4 Å². The van der Waals surface area contributed by atoms with E-state index in [1.54, 1.807) is 17.0 Å². The summed E-state index contributed by atoms with van der Waals surface area (Å²) in [4.78, 5) is 13.8. The number of alkyl halides is 3. The molecular formula is C16H21F3N2O. The molecule has 0 aromatic heterocycles. The number of halogens is 3. The third kappa shape index (κ3) is 3.80. The van der Waals surface area contributed by atoms with Crippen LogP contribution in [0.25, 0.3) is 0 Å². The quantitative estimate of drug-likeness (QED) is 0.931. The second-order valence-corrected chi connectivity index (χ2v) is 5.73. The van der Waals surface area contributed by atoms with E-state index in [1.165, 1.54) is 0 Å². The summed E-state index contributed by atoms with van der Waals surface area (Å²) in [5, 5.41) is 0. The van der Waals surface area contributed by atoms with Crippen molar-refractivity contribution in [3.63, 3.8) is 0 Å². The summed E-state index contributed by atoms with van der Waals surface area (Å²) in [5.41, 5.74) is 6.03. The highest BCUT2D eigenvalue weighted by molar-refractivity contribution is 5.81. The first kappa shape index (κ1) is 16.8. The Labute approximate surface area is 128 Å². The zero-order valence-electron chi connectivity index (χ0n) is 12.6. The maximum atomic E-state index is 12.6. The van der Waals surface area contributed by atoms with Gasteiger partial charge in [-0.05, 0) is 42.9 Å². The molecule has 2 rings (SSSR count). The first-order valence-electron chi connectivity index (χ1n) is 7.54. The standard InChI is InChI=1S/C16H21F3N2O/c1-2-14(20)15(22)21-9-7-12(8-10-21)11-3-5-13(6-4-11)16(17,18)19/h3-6,12,14H,2,7-10,20H2,1H3/t14-/m1/s1. The zero-order valence-corrected chi connectivity index (χ0v) is 12.6. The van der Waals surface area contributed by atoms with Crippen molar-refractivity contribution in [1.82, 2.24) is 4.90 Å². The lowest BCUT2D eigenvalue weighted by Gasteiger charge is -2.33. The van der Waals surface area contributed by atoms with Crippen LogP contribution in [0.4, 0.5) is 13.2 Å². The van der Waals surface area contributed by atoms with Crippen LogP contribution in [0.5, 0.6) is 0 Å². The van der Waals surface area contributed by atoms with Gasteiger partial charge in [0.15, 0.2) is 0 Å². The van der Waals surface area contributed by atoms with Crippen molar-refractivity contribution in [2.75, 3.05) is 13.1 Å². The zero-order chi connectivity index (χ0) is 16.3. The first-order chi connectivity index (χ1) is 10.3. The van der Waals surface area contributed by atoms with Crippen molar-refractivity contribution in [2.24, 2.45) is 5.73 Å². The van der Waals surface area contributed by atoms with Crippen LogP contribution in [0, 0.1) is 0 Å². The second kappa shape index (κ2) is 6.69. The van der Waals surface area contributed by atoms with E-state index in [-0.39, 0.29) is 11.8 Å². The van der Waals surface area contributed by atoms with Gasteiger partial charge in [0.25, 0.3) is 0 Å². The Kier molecular flexibility index (Phi) is 5.11. The lowest BCUT2D eigenvalue weighted by Crippen LogP contribution is -2.46. The van der Waals surface area contributed by atoms with E-state index in [1.807, 2.05) is 6.92 Å². The van der Waals surface area contributed by atoms with Gasteiger partial charge in [-0.1, -0.05) is 19.1 Å². The lowest BCUT2D eigenvalue weighted by molar-refractivity contribution is -0.137. The van der Waals surface area contributed by atoms with Gasteiger partial charge in [-0.2, -0.15) is 13.2 Å². The SMILES string of the molecule is CC[C@@H](N)C(=O)N1CCC(c2ccc(C(F)(F)F)cc2)CC1. The number of benzene rings is 1. The molecule has 1 aromatic carbocycles. The fraction of sp³-hybridized carbons (Fsp3) is 0.562. The number of hydrogen-bond donors (Lipinski definition) is 1. The molecule has 0 saturated carbocycles. The summed E-state index contributed by atoms with van der Waals surface area (Å²) in [7, 11) is 0. The van der Waals surface area contributed by atoms with Gasteiger partial charge in [0, 0.05) is 13.1 Å². The first-order valence-corrected chi connectivity index (χ1v) is 7.54. The number of nitrogens with two attached hydrogens (primary N) is 1. The average molecular weight is 314 g/mol. The normalized spacial score (nSPS) is 18.3. The molecule has 1 heterocycles. The summed E-state index contributed by atoms with van der Waals surface area (Å²) in [6.45, 7) is 3.09. The molecule has 22 heavy (non-hydrogen) atoms. The topological polar surface area (TPSA) is 46.3 Å². The Bertz CT molecular complexity index is 505. The molecule has 1 aliphatic rings. The largest absolute Gasteiger partial charge is 0.416 e. The highest BCUT2D eigenvalue weighted by atomic mass is 19.4. The smallest absolute Gasteiger partial charge is 0.341 e. The minimum absolute atomic E-state index is 0.0339. The van der Waals surface area contributed by atoms with Gasteiger partial charge in [-0.25, -0.2) is 0 Å². The van der Waals surface area contributed by atoms with Gasteiger partial charge in [-0.15, -0.1) is 0 Å². The molecular weight excluding hydrogens is 293 g/mol. The van der Waals surface area contributed by atoms with Gasteiger partial charge in [0.1, 0.15) is 0 Å². The van der Waals surface area contributed by atoms with Crippen LogP contribution < -0.4 is 5.73 Å². The molecule has 1 fully saturated rings. The number of carbonyl (C=O) groups is 1. The predicted octanol–water partition coefficient (Wildman–Crippen LogP) is 3.15. The Morgan fingerprint density at radius 2 is 1.82 bits per heavy atom. The summed E-state index contributed by atoms with van der Waals surface area (Å²) in [6.07, 6.45) is -2.18. The molecule has 1 atom stereocenters. The summed E-state index contributed by atoms with van der Waals surface area (Å²) in [6, 6.07) is 4.88.